The van der Waals surface area contributed by atoms with Gasteiger partial charge in [0.2, 0.25) is 0 Å². The van der Waals surface area contributed by atoms with E-state index in [-0.39, 0.29) is 5.91 Å². The molecule has 146 valence electrons. The molecule has 0 bridgehead atoms. The van der Waals surface area contributed by atoms with E-state index in [4.69, 9.17) is 0 Å². The van der Waals surface area contributed by atoms with Crippen molar-refractivity contribution >= 4 is 28.3 Å². The largest absolute Gasteiger partial charge is 0.343 e. The van der Waals surface area contributed by atoms with Crippen molar-refractivity contribution in [1.82, 2.24) is 24.6 Å². The molecule has 4 aromatic rings. The fourth-order valence-electron chi connectivity index (χ4n) is 3.12. The minimum absolute atomic E-state index is 0.125. The first-order valence-electron chi connectivity index (χ1n) is 9.26. The lowest BCUT2D eigenvalue weighted by molar-refractivity contribution is 0.0822. The highest BCUT2D eigenvalue weighted by Crippen LogP contribution is 2.27. The molecule has 29 heavy (non-hydrogen) atoms. The van der Waals surface area contributed by atoms with Crippen LogP contribution in [-0.2, 0) is 7.05 Å². The number of carbonyl (C=O) groups is 1. The highest BCUT2D eigenvalue weighted by Gasteiger charge is 2.11. The molecule has 3 aromatic heterocycles. The quantitative estimate of drug-likeness (QED) is 0.578. The minimum Gasteiger partial charge on any atom is -0.343 e. The molecule has 4 rings (SSSR count). The molecular formula is C22H22N6O. The fraction of sp³-hybridized carbons (Fsp3) is 0.182. The second-order valence-electron chi connectivity index (χ2n) is 7.22. The van der Waals surface area contributed by atoms with Gasteiger partial charge in [0.05, 0.1) is 11.7 Å². The smallest absolute Gasteiger partial charge is 0.271 e. The van der Waals surface area contributed by atoms with Crippen molar-refractivity contribution in [3.63, 3.8) is 0 Å². The van der Waals surface area contributed by atoms with E-state index in [1.807, 2.05) is 37.6 Å². The zero-order valence-corrected chi connectivity index (χ0v) is 16.8. The van der Waals surface area contributed by atoms with Gasteiger partial charge >= 0.3 is 0 Å². The number of carbonyl (C=O) groups excluding carboxylic acids is 1. The van der Waals surface area contributed by atoms with Gasteiger partial charge in [-0.15, -0.1) is 0 Å². The number of aromatic nitrogens is 4. The first kappa shape index (κ1) is 18.6. The van der Waals surface area contributed by atoms with Gasteiger partial charge in [0.1, 0.15) is 11.5 Å². The van der Waals surface area contributed by atoms with E-state index in [1.54, 1.807) is 31.0 Å². The first-order chi connectivity index (χ1) is 13.9. The molecule has 0 spiro atoms. The number of nitrogens with one attached hydrogen (secondary N) is 1. The van der Waals surface area contributed by atoms with Crippen LogP contribution in [0.3, 0.4) is 0 Å². The van der Waals surface area contributed by atoms with E-state index in [9.17, 15) is 4.79 Å². The minimum atomic E-state index is -0.125. The number of aryl methyl sites for hydroxylation is 2. The predicted molar refractivity (Wildman–Crippen MR) is 114 cm³/mol. The number of rotatable bonds is 4. The molecule has 0 aliphatic rings. The van der Waals surface area contributed by atoms with Gasteiger partial charge in [-0.25, -0.2) is 9.97 Å². The molecule has 0 atom stereocenters. The SMILES string of the molecule is Cc1cc(-c2cnn(C)c2)ccc1Nc1cc2nc(C(=O)N(C)C)ccc2cn1. The lowest BCUT2D eigenvalue weighted by atomic mass is 10.1. The zero-order chi connectivity index (χ0) is 20.5. The van der Waals surface area contributed by atoms with E-state index in [0.29, 0.717) is 11.5 Å². The van der Waals surface area contributed by atoms with Crippen molar-refractivity contribution < 1.29 is 4.79 Å². The van der Waals surface area contributed by atoms with Crippen LogP contribution in [0, 0.1) is 6.92 Å². The van der Waals surface area contributed by atoms with Gasteiger partial charge in [0.15, 0.2) is 0 Å². The maximum Gasteiger partial charge on any atom is 0.271 e. The number of anilines is 2. The Morgan fingerprint density at radius 3 is 2.59 bits per heavy atom. The van der Waals surface area contributed by atoms with Crippen molar-refractivity contribution in [1.29, 1.82) is 0 Å². The van der Waals surface area contributed by atoms with Crippen LogP contribution in [0.1, 0.15) is 16.1 Å². The van der Waals surface area contributed by atoms with Crippen molar-refractivity contribution in [3.8, 4) is 11.1 Å². The third kappa shape index (κ3) is 3.80. The van der Waals surface area contributed by atoms with Gasteiger partial charge in [0.25, 0.3) is 5.91 Å². The van der Waals surface area contributed by atoms with Gasteiger partial charge in [-0.1, -0.05) is 6.07 Å². The Bertz CT molecular complexity index is 1210. The summed E-state index contributed by atoms with van der Waals surface area (Å²) in [5, 5.41) is 8.47. The molecule has 0 fully saturated rings. The van der Waals surface area contributed by atoms with Gasteiger partial charge in [0, 0.05) is 56.2 Å². The Labute approximate surface area is 169 Å². The molecule has 1 aromatic carbocycles. The van der Waals surface area contributed by atoms with E-state index in [0.717, 1.165) is 33.3 Å². The van der Waals surface area contributed by atoms with Gasteiger partial charge < -0.3 is 10.2 Å². The summed E-state index contributed by atoms with van der Waals surface area (Å²) < 4.78 is 1.79. The summed E-state index contributed by atoms with van der Waals surface area (Å²) in [6, 6.07) is 11.6. The second kappa shape index (κ2) is 7.35. The van der Waals surface area contributed by atoms with E-state index in [1.165, 1.54) is 4.90 Å². The number of pyridine rings is 2. The number of amides is 1. The average Bonchev–Trinajstić information content (AvgIpc) is 3.14. The molecule has 0 radical (unpaired) electrons. The Hall–Kier alpha value is -3.74. The van der Waals surface area contributed by atoms with Crippen molar-refractivity contribution in [3.05, 3.63) is 66.2 Å². The number of benzene rings is 1. The zero-order valence-electron chi connectivity index (χ0n) is 16.8. The maximum absolute atomic E-state index is 12.2. The van der Waals surface area contributed by atoms with Crippen LogP contribution in [0.5, 0.6) is 0 Å². The molecular weight excluding hydrogens is 364 g/mol. The average molecular weight is 386 g/mol. The lowest BCUT2D eigenvalue weighted by Gasteiger charge is -2.12. The third-order valence-corrected chi connectivity index (χ3v) is 4.73. The van der Waals surface area contributed by atoms with Crippen LogP contribution >= 0.6 is 0 Å². The van der Waals surface area contributed by atoms with Gasteiger partial charge in [-0.05, 0) is 42.3 Å². The second-order valence-corrected chi connectivity index (χ2v) is 7.22. The van der Waals surface area contributed by atoms with E-state index in [2.05, 4.69) is 39.4 Å². The summed E-state index contributed by atoms with van der Waals surface area (Å²) in [5.41, 5.74) is 5.38. The number of nitrogens with zero attached hydrogens (tertiary/aromatic N) is 5. The highest BCUT2D eigenvalue weighted by atomic mass is 16.2. The molecule has 0 aliphatic heterocycles. The standard InChI is InChI=1S/C22H22N6O/c1-14-9-15(17-12-24-28(4)13-17)5-7-18(14)26-21-10-20-16(11-23-21)6-8-19(25-20)22(29)27(2)3/h5-13H,1-4H3,(H,23,26). The van der Waals surface area contributed by atoms with Crippen LogP contribution in [0.4, 0.5) is 11.5 Å². The molecule has 1 N–H and O–H groups in total. The number of hydrogen-bond acceptors (Lipinski definition) is 5. The first-order valence-corrected chi connectivity index (χ1v) is 9.26. The number of fused-ring (bicyclic) bond motifs is 1. The van der Waals surface area contributed by atoms with Crippen molar-refractivity contribution in [2.24, 2.45) is 7.05 Å². The molecule has 7 heteroatoms. The van der Waals surface area contributed by atoms with Crippen LogP contribution in [0.2, 0.25) is 0 Å². The van der Waals surface area contributed by atoms with Crippen LogP contribution < -0.4 is 5.32 Å². The fourth-order valence-corrected chi connectivity index (χ4v) is 3.12. The monoisotopic (exact) mass is 386 g/mol. The molecule has 0 saturated carbocycles. The molecule has 0 unspecified atom stereocenters. The Morgan fingerprint density at radius 1 is 1.07 bits per heavy atom. The molecule has 0 aliphatic carbocycles. The van der Waals surface area contributed by atoms with Gasteiger partial charge in [-0.3, -0.25) is 9.48 Å². The molecule has 3 heterocycles. The predicted octanol–water partition coefficient (Wildman–Crippen LogP) is 3.78. The van der Waals surface area contributed by atoms with Gasteiger partial charge in [-0.2, -0.15) is 5.10 Å². The summed E-state index contributed by atoms with van der Waals surface area (Å²) in [5.74, 6) is 0.553. The summed E-state index contributed by atoms with van der Waals surface area (Å²) in [6.45, 7) is 2.05. The Balaban J connectivity index is 1.62. The summed E-state index contributed by atoms with van der Waals surface area (Å²) in [4.78, 5) is 22.7. The highest BCUT2D eigenvalue weighted by molar-refractivity contribution is 5.94. The van der Waals surface area contributed by atoms with Crippen LogP contribution in [0.25, 0.3) is 22.0 Å². The maximum atomic E-state index is 12.2. The number of hydrogen-bond donors (Lipinski definition) is 1. The molecule has 1 amide bonds. The summed E-state index contributed by atoms with van der Waals surface area (Å²) in [7, 11) is 5.33. The normalized spacial score (nSPS) is 10.9. The Kier molecular flexibility index (Phi) is 4.72. The van der Waals surface area contributed by atoms with Crippen LogP contribution in [0.15, 0.2) is 55.0 Å². The summed E-state index contributed by atoms with van der Waals surface area (Å²) >= 11 is 0. The van der Waals surface area contributed by atoms with E-state index >= 15 is 0 Å². The van der Waals surface area contributed by atoms with Crippen molar-refractivity contribution in [2.45, 2.75) is 6.92 Å². The molecule has 7 nitrogen and oxygen atoms in total. The molecule has 0 saturated heterocycles. The summed E-state index contributed by atoms with van der Waals surface area (Å²) in [6.07, 6.45) is 5.60. The van der Waals surface area contributed by atoms with Crippen molar-refractivity contribution in [2.75, 3.05) is 19.4 Å². The topological polar surface area (TPSA) is 75.9 Å². The third-order valence-electron chi connectivity index (χ3n) is 4.73. The van der Waals surface area contributed by atoms with E-state index < -0.39 is 0 Å². The Morgan fingerprint density at radius 2 is 1.90 bits per heavy atom. The van der Waals surface area contributed by atoms with Crippen LogP contribution in [-0.4, -0.2) is 44.7 Å². The lowest BCUT2D eigenvalue weighted by Crippen LogP contribution is -2.22.